The molecular formula is C22H25N3O6S. The van der Waals surface area contributed by atoms with Gasteiger partial charge < -0.3 is 19.7 Å². The Balaban J connectivity index is 1.61. The number of alkyl carbamates (subject to hydrolysis) is 1. The van der Waals surface area contributed by atoms with E-state index in [1.165, 1.54) is 6.07 Å². The molecule has 170 valence electrons. The zero-order valence-corrected chi connectivity index (χ0v) is 18.7. The maximum atomic E-state index is 12.7. The molecule has 9 nitrogen and oxygen atoms in total. The van der Waals surface area contributed by atoms with Crippen LogP contribution in [0.4, 0.5) is 9.80 Å². The third kappa shape index (κ3) is 5.71. The average Bonchev–Trinajstić information content (AvgIpc) is 3.27. The molecule has 10 heteroatoms. The van der Waals surface area contributed by atoms with Crippen molar-refractivity contribution in [1.82, 2.24) is 10.2 Å². The Morgan fingerprint density at radius 3 is 2.31 bits per heavy atom. The van der Waals surface area contributed by atoms with Crippen LogP contribution in [0.25, 0.3) is 0 Å². The largest absolute Gasteiger partial charge is 0.450 e. The van der Waals surface area contributed by atoms with Crippen LogP contribution in [0.2, 0.25) is 0 Å². The number of hydrogen-bond donors (Lipinski definition) is 2. The van der Waals surface area contributed by atoms with Crippen molar-refractivity contribution in [2.45, 2.75) is 25.9 Å². The zero-order valence-electron chi connectivity index (χ0n) is 17.9. The maximum absolute atomic E-state index is 12.7. The van der Waals surface area contributed by atoms with Gasteiger partial charge in [-0.3, -0.25) is 19.7 Å². The van der Waals surface area contributed by atoms with Gasteiger partial charge >= 0.3 is 6.09 Å². The van der Waals surface area contributed by atoms with E-state index in [0.29, 0.717) is 29.2 Å². The van der Waals surface area contributed by atoms with Crippen LogP contribution in [0.5, 0.6) is 0 Å². The van der Waals surface area contributed by atoms with E-state index < -0.39 is 17.9 Å². The molecule has 0 atom stereocenters. The molecule has 2 heterocycles. The molecule has 2 N–H and O–H groups in total. The van der Waals surface area contributed by atoms with Crippen molar-refractivity contribution in [3.63, 3.8) is 0 Å². The first-order chi connectivity index (χ1) is 15.4. The van der Waals surface area contributed by atoms with Crippen molar-refractivity contribution in [3.8, 4) is 0 Å². The third-order valence-corrected chi connectivity index (χ3v) is 5.91. The first kappa shape index (κ1) is 23.4. The smallest absolute Gasteiger partial charge is 0.414 e. The fraction of sp³-hybridized carbons (Fsp3) is 0.364. The molecule has 1 aliphatic rings. The van der Waals surface area contributed by atoms with Gasteiger partial charge in [0.2, 0.25) is 0 Å². The van der Waals surface area contributed by atoms with Gasteiger partial charge in [-0.25, -0.2) is 4.79 Å². The molecule has 1 aromatic carbocycles. The van der Waals surface area contributed by atoms with Gasteiger partial charge in [-0.1, -0.05) is 0 Å². The summed E-state index contributed by atoms with van der Waals surface area (Å²) >= 11 is 1.15. The van der Waals surface area contributed by atoms with Crippen LogP contribution in [-0.2, 0) is 9.47 Å². The number of piperidine rings is 1. The molecule has 1 fully saturated rings. The van der Waals surface area contributed by atoms with Crippen molar-refractivity contribution >= 4 is 40.2 Å². The van der Waals surface area contributed by atoms with Gasteiger partial charge in [-0.05, 0) is 55.5 Å². The Morgan fingerprint density at radius 2 is 1.69 bits per heavy atom. The van der Waals surface area contributed by atoms with Crippen molar-refractivity contribution in [1.29, 1.82) is 0 Å². The van der Waals surface area contributed by atoms with Crippen LogP contribution >= 0.6 is 11.3 Å². The average molecular weight is 460 g/mol. The number of anilines is 1. The normalized spacial score (nSPS) is 14.0. The lowest BCUT2D eigenvalue weighted by Crippen LogP contribution is -2.40. The number of carbonyl (C=O) groups excluding carboxylic acids is 4. The first-order valence-electron chi connectivity index (χ1n) is 10.2. The third-order valence-electron chi connectivity index (χ3n) is 5.08. The van der Waals surface area contributed by atoms with Crippen molar-refractivity contribution in [3.05, 3.63) is 52.4 Å². The summed E-state index contributed by atoms with van der Waals surface area (Å²) < 4.78 is 10.0. The van der Waals surface area contributed by atoms with E-state index in [9.17, 15) is 19.2 Å². The molecule has 2 aromatic rings. The highest BCUT2D eigenvalue weighted by atomic mass is 32.1. The van der Waals surface area contributed by atoms with Crippen LogP contribution in [0.1, 0.15) is 50.8 Å². The minimum absolute atomic E-state index is 0.0808. The summed E-state index contributed by atoms with van der Waals surface area (Å²) in [6.07, 6.45) is 0.935. The minimum Gasteiger partial charge on any atom is -0.450 e. The second-order valence-electron chi connectivity index (χ2n) is 7.10. The van der Waals surface area contributed by atoms with Gasteiger partial charge in [-0.2, -0.15) is 0 Å². The number of likely N-dealkylation sites (tertiary alicyclic amines) is 1. The van der Waals surface area contributed by atoms with E-state index in [2.05, 4.69) is 10.6 Å². The van der Waals surface area contributed by atoms with Crippen LogP contribution < -0.4 is 10.6 Å². The van der Waals surface area contributed by atoms with Gasteiger partial charge in [0, 0.05) is 31.3 Å². The van der Waals surface area contributed by atoms with Crippen molar-refractivity contribution in [2.24, 2.45) is 0 Å². The van der Waals surface area contributed by atoms with Crippen molar-refractivity contribution < 1.29 is 28.7 Å². The molecule has 1 aliphatic heterocycles. The second kappa shape index (κ2) is 10.9. The van der Waals surface area contributed by atoms with E-state index in [-0.39, 0.29) is 24.2 Å². The fourth-order valence-corrected chi connectivity index (χ4v) is 4.11. The highest BCUT2D eigenvalue weighted by molar-refractivity contribution is 7.14. The number of ether oxygens (including phenoxy) is 2. The lowest BCUT2D eigenvalue weighted by Gasteiger charge is -2.31. The monoisotopic (exact) mass is 459 g/mol. The minimum atomic E-state index is -0.854. The van der Waals surface area contributed by atoms with Gasteiger partial charge in [0.1, 0.15) is 5.00 Å². The number of amides is 4. The van der Waals surface area contributed by atoms with E-state index >= 15 is 0 Å². The molecule has 0 saturated carbocycles. The second-order valence-corrected chi connectivity index (χ2v) is 8.01. The van der Waals surface area contributed by atoms with Gasteiger partial charge in [0.25, 0.3) is 17.7 Å². The Bertz CT molecular complexity index is 980. The zero-order chi connectivity index (χ0) is 23.1. The molecule has 4 amide bonds. The molecule has 0 bridgehead atoms. The Morgan fingerprint density at radius 1 is 1.03 bits per heavy atom. The van der Waals surface area contributed by atoms with Crippen LogP contribution in [0.3, 0.4) is 0 Å². The Kier molecular flexibility index (Phi) is 7.96. The standard InChI is InChI=1S/C22H25N3O6S/c1-3-31-22(29)24-19(27)17-10-13-32-20(17)23-18(26)14-4-6-15(7-5-14)21(28)25-11-8-16(30-2)9-12-25/h4-7,10,13,16H,3,8-9,11-12H2,1-2H3,(H,23,26)(H,24,27,29). The molecule has 3 rings (SSSR count). The lowest BCUT2D eigenvalue weighted by atomic mass is 10.1. The van der Waals surface area contributed by atoms with Gasteiger partial charge in [0.05, 0.1) is 18.3 Å². The molecule has 0 aliphatic carbocycles. The SMILES string of the molecule is CCOC(=O)NC(=O)c1ccsc1NC(=O)c1ccc(C(=O)N2CCC(OC)CC2)cc1. The van der Waals surface area contributed by atoms with E-state index in [0.717, 1.165) is 24.2 Å². The first-order valence-corrected chi connectivity index (χ1v) is 11.1. The Hall–Kier alpha value is -3.24. The fourth-order valence-electron chi connectivity index (χ4n) is 3.33. The number of benzene rings is 1. The molecule has 0 radical (unpaired) electrons. The summed E-state index contributed by atoms with van der Waals surface area (Å²) in [4.78, 5) is 50.8. The van der Waals surface area contributed by atoms with Crippen LogP contribution in [0, 0.1) is 0 Å². The highest BCUT2D eigenvalue weighted by Gasteiger charge is 2.24. The van der Waals surface area contributed by atoms with Gasteiger partial charge in [0.15, 0.2) is 0 Å². The summed E-state index contributed by atoms with van der Waals surface area (Å²) in [6.45, 7) is 3.03. The maximum Gasteiger partial charge on any atom is 0.414 e. The molecule has 32 heavy (non-hydrogen) atoms. The van der Waals surface area contributed by atoms with E-state index in [4.69, 9.17) is 9.47 Å². The van der Waals surface area contributed by atoms with Crippen molar-refractivity contribution in [2.75, 3.05) is 32.1 Å². The summed E-state index contributed by atoms with van der Waals surface area (Å²) in [6, 6.07) is 7.86. The molecule has 0 spiro atoms. The number of nitrogens with one attached hydrogen (secondary N) is 2. The predicted octanol–water partition coefficient (Wildman–Crippen LogP) is 3.14. The number of methoxy groups -OCH3 is 1. The predicted molar refractivity (Wildman–Crippen MR) is 119 cm³/mol. The quantitative estimate of drug-likeness (QED) is 0.686. The summed E-state index contributed by atoms with van der Waals surface area (Å²) in [7, 11) is 1.68. The molecule has 0 unspecified atom stereocenters. The molecule has 1 saturated heterocycles. The summed E-state index contributed by atoms with van der Waals surface area (Å²) in [5.41, 5.74) is 0.996. The lowest BCUT2D eigenvalue weighted by molar-refractivity contribution is 0.0350. The van der Waals surface area contributed by atoms with Gasteiger partial charge in [-0.15, -0.1) is 11.3 Å². The number of nitrogens with zero attached hydrogens (tertiary/aromatic N) is 1. The topological polar surface area (TPSA) is 114 Å². The van der Waals surface area contributed by atoms with E-state index in [1.54, 1.807) is 48.6 Å². The van der Waals surface area contributed by atoms with E-state index in [1.807, 2.05) is 0 Å². The van der Waals surface area contributed by atoms with Crippen LogP contribution in [-0.4, -0.2) is 61.6 Å². The number of hydrogen-bond acceptors (Lipinski definition) is 7. The molecule has 1 aromatic heterocycles. The van der Waals surface area contributed by atoms with Crippen LogP contribution in [0.15, 0.2) is 35.7 Å². The molecular weight excluding hydrogens is 434 g/mol. The number of thiophene rings is 1. The number of imide groups is 1. The summed E-state index contributed by atoms with van der Waals surface area (Å²) in [5.74, 6) is -1.18. The Labute approximate surface area is 189 Å². The highest BCUT2D eigenvalue weighted by Crippen LogP contribution is 2.24. The number of rotatable bonds is 6. The number of carbonyl (C=O) groups is 4. The summed E-state index contributed by atoms with van der Waals surface area (Å²) in [5, 5.41) is 6.71.